The molecule has 0 bridgehead atoms. The molecule has 1 aromatic rings. The number of nitrogens with one attached hydrogen (secondary N) is 1. The van der Waals surface area contributed by atoms with Gasteiger partial charge in [0.2, 0.25) is 0 Å². The maximum atomic E-state index is 12.0. The molecule has 4 heteroatoms. The number of carbonyl (C=O) groups is 1. The van der Waals surface area contributed by atoms with Crippen molar-refractivity contribution in [1.29, 1.82) is 0 Å². The lowest BCUT2D eigenvalue weighted by Gasteiger charge is -2.36. The first kappa shape index (κ1) is 15.0. The molecule has 0 saturated carbocycles. The van der Waals surface area contributed by atoms with Crippen LogP contribution < -0.4 is 5.32 Å². The Bertz CT molecular complexity index is 435. The van der Waals surface area contributed by atoms with Crippen molar-refractivity contribution in [1.82, 2.24) is 5.32 Å². The molecule has 0 spiro atoms. The molecule has 1 saturated heterocycles. The topological polar surface area (TPSA) is 47.6 Å². The maximum absolute atomic E-state index is 12.0. The highest BCUT2D eigenvalue weighted by Gasteiger charge is 2.38. The van der Waals surface area contributed by atoms with Crippen molar-refractivity contribution in [3.63, 3.8) is 0 Å². The van der Waals surface area contributed by atoms with Gasteiger partial charge in [0.25, 0.3) is 0 Å². The Morgan fingerprint density at radius 2 is 2.10 bits per heavy atom. The molecule has 0 radical (unpaired) electrons. The Morgan fingerprint density at radius 3 is 2.75 bits per heavy atom. The zero-order chi connectivity index (χ0) is 14.5. The molecule has 1 aromatic carbocycles. The zero-order valence-electron chi connectivity index (χ0n) is 12.3. The number of esters is 1. The number of hydrogen-bond donors (Lipinski definition) is 1. The second-order valence-corrected chi connectivity index (χ2v) is 5.32. The minimum atomic E-state index is -0.250. The van der Waals surface area contributed by atoms with E-state index in [1.807, 2.05) is 25.1 Å². The summed E-state index contributed by atoms with van der Waals surface area (Å²) >= 11 is 0. The minimum Gasteiger partial charge on any atom is -0.469 e. The summed E-state index contributed by atoms with van der Waals surface area (Å²) in [5, 5.41) is 3.55. The molecule has 0 amide bonds. The fourth-order valence-corrected chi connectivity index (χ4v) is 2.83. The Morgan fingerprint density at radius 1 is 1.40 bits per heavy atom. The molecule has 2 unspecified atom stereocenters. The highest BCUT2D eigenvalue weighted by Crippen LogP contribution is 2.25. The highest BCUT2D eigenvalue weighted by atomic mass is 16.5. The number of rotatable bonds is 4. The summed E-state index contributed by atoms with van der Waals surface area (Å²) in [5.74, 6) is -0.449. The molecule has 0 aliphatic carbocycles. The van der Waals surface area contributed by atoms with Gasteiger partial charge in [0, 0.05) is 18.7 Å². The van der Waals surface area contributed by atoms with Crippen molar-refractivity contribution in [2.24, 2.45) is 5.92 Å². The Balaban J connectivity index is 2.07. The van der Waals surface area contributed by atoms with Gasteiger partial charge in [-0.05, 0) is 25.8 Å². The molecule has 0 aromatic heterocycles. The van der Waals surface area contributed by atoms with Gasteiger partial charge in [-0.15, -0.1) is 0 Å². The lowest BCUT2D eigenvalue weighted by molar-refractivity contribution is -0.156. The van der Waals surface area contributed by atoms with Crippen LogP contribution >= 0.6 is 0 Å². The second-order valence-electron chi connectivity index (χ2n) is 5.32. The van der Waals surface area contributed by atoms with Crippen LogP contribution in [-0.2, 0) is 14.3 Å². The summed E-state index contributed by atoms with van der Waals surface area (Å²) in [7, 11) is 1.43. The fraction of sp³-hybridized carbons (Fsp3) is 0.562. The first-order chi connectivity index (χ1) is 9.63. The summed E-state index contributed by atoms with van der Waals surface area (Å²) in [6.07, 6.45) is 0.707. The first-order valence-electron chi connectivity index (χ1n) is 7.14. The Labute approximate surface area is 120 Å². The molecule has 4 nitrogen and oxygen atoms in total. The SMILES string of the molecule is COC(=O)C1C(C)OCC[C@H]1N[C@H](C)c1ccccc1. The van der Waals surface area contributed by atoms with Gasteiger partial charge in [0.1, 0.15) is 0 Å². The van der Waals surface area contributed by atoms with Crippen LogP contribution in [0.2, 0.25) is 0 Å². The summed E-state index contributed by atoms with van der Waals surface area (Å²) in [6, 6.07) is 10.5. The third-order valence-corrected chi connectivity index (χ3v) is 3.99. The highest BCUT2D eigenvalue weighted by molar-refractivity contribution is 5.74. The van der Waals surface area contributed by atoms with Crippen molar-refractivity contribution < 1.29 is 14.3 Å². The molecule has 1 N–H and O–H groups in total. The van der Waals surface area contributed by atoms with E-state index in [9.17, 15) is 4.79 Å². The van der Waals surface area contributed by atoms with Crippen molar-refractivity contribution in [2.75, 3.05) is 13.7 Å². The quantitative estimate of drug-likeness (QED) is 0.858. The standard InChI is InChI=1S/C16H23NO3/c1-11(13-7-5-4-6-8-13)17-14-9-10-20-12(2)15(14)16(18)19-3/h4-8,11-12,14-15,17H,9-10H2,1-3H3/t11-,12?,14-,15?/m1/s1. The van der Waals surface area contributed by atoms with Crippen LogP contribution in [0.5, 0.6) is 0 Å². The molecule has 110 valence electrons. The molecule has 1 aliphatic heterocycles. The molecule has 1 aliphatic rings. The third-order valence-electron chi connectivity index (χ3n) is 3.99. The number of methoxy groups -OCH3 is 1. The summed E-state index contributed by atoms with van der Waals surface area (Å²) < 4.78 is 10.5. The smallest absolute Gasteiger partial charge is 0.312 e. The van der Waals surface area contributed by atoms with E-state index in [-0.39, 0.29) is 30.1 Å². The van der Waals surface area contributed by atoms with Gasteiger partial charge < -0.3 is 14.8 Å². The average molecular weight is 277 g/mol. The maximum Gasteiger partial charge on any atom is 0.312 e. The van der Waals surface area contributed by atoms with Crippen LogP contribution in [0.25, 0.3) is 0 Å². The van der Waals surface area contributed by atoms with Crippen molar-refractivity contribution in [3.8, 4) is 0 Å². The van der Waals surface area contributed by atoms with E-state index in [0.29, 0.717) is 6.61 Å². The number of benzene rings is 1. The molecule has 1 fully saturated rings. The average Bonchev–Trinajstić information content (AvgIpc) is 2.47. The summed E-state index contributed by atoms with van der Waals surface area (Å²) in [4.78, 5) is 12.0. The molecular formula is C16H23NO3. The molecule has 4 atom stereocenters. The van der Waals surface area contributed by atoms with Gasteiger partial charge in [-0.2, -0.15) is 0 Å². The Hall–Kier alpha value is -1.39. The van der Waals surface area contributed by atoms with E-state index in [0.717, 1.165) is 6.42 Å². The summed E-state index contributed by atoms with van der Waals surface area (Å²) in [6.45, 7) is 4.72. The predicted octanol–water partition coefficient (Wildman–Crippen LogP) is 2.30. The number of ether oxygens (including phenoxy) is 2. The monoisotopic (exact) mass is 277 g/mol. The van der Waals surface area contributed by atoms with Crippen LogP contribution in [0, 0.1) is 5.92 Å². The molecule has 20 heavy (non-hydrogen) atoms. The normalized spacial score (nSPS) is 27.9. The predicted molar refractivity (Wildman–Crippen MR) is 77.3 cm³/mol. The molecule has 2 rings (SSSR count). The zero-order valence-corrected chi connectivity index (χ0v) is 12.3. The van der Waals surface area contributed by atoms with E-state index in [2.05, 4.69) is 24.4 Å². The van der Waals surface area contributed by atoms with Crippen LogP contribution in [-0.4, -0.2) is 31.8 Å². The van der Waals surface area contributed by atoms with Crippen molar-refractivity contribution in [3.05, 3.63) is 35.9 Å². The molecule has 1 heterocycles. The third kappa shape index (κ3) is 3.38. The number of hydrogen-bond acceptors (Lipinski definition) is 4. The van der Waals surface area contributed by atoms with E-state index in [4.69, 9.17) is 9.47 Å². The lowest BCUT2D eigenvalue weighted by atomic mass is 9.89. The minimum absolute atomic E-state index is 0.0846. The van der Waals surface area contributed by atoms with Crippen molar-refractivity contribution >= 4 is 5.97 Å². The largest absolute Gasteiger partial charge is 0.469 e. The Kier molecular flexibility index (Phi) is 5.15. The molecular weight excluding hydrogens is 254 g/mol. The van der Waals surface area contributed by atoms with Gasteiger partial charge in [0.05, 0.1) is 19.1 Å². The first-order valence-corrected chi connectivity index (χ1v) is 7.14. The van der Waals surface area contributed by atoms with Gasteiger partial charge in [-0.25, -0.2) is 0 Å². The van der Waals surface area contributed by atoms with E-state index < -0.39 is 0 Å². The lowest BCUT2D eigenvalue weighted by Crippen LogP contribution is -2.51. The second kappa shape index (κ2) is 6.86. The van der Waals surface area contributed by atoms with Gasteiger partial charge in [-0.3, -0.25) is 4.79 Å². The van der Waals surface area contributed by atoms with Crippen LogP contribution in [0.1, 0.15) is 31.9 Å². The van der Waals surface area contributed by atoms with E-state index in [1.54, 1.807) is 0 Å². The van der Waals surface area contributed by atoms with Crippen LogP contribution in [0.4, 0.5) is 0 Å². The van der Waals surface area contributed by atoms with Crippen molar-refractivity contribution in [2.45, 2.75) is 38.5 Å². The van der Waals surface area contributed by atoms with E-state index in [1.165, 1.54) is 12.7 Å². The fourth-order valence-electron chi connectivity index (χ4n) is 2.83. The van der Waals surface area contributed by atoms with Gasteiger partial charge in [-0.1, -0.05) is 30.3 Å². The van der Waals surface area contributed by atoms with Gasteiger partial charge in [0.15, 0.2) is 0 Å². The van der Waals surface area contributed by atoms with Gasteiger partial charge >= 0.3 is 5.97 Å². The van der Waals surface area contributed by atoms with Crippen LogP contribution in [0.3, 0.4) is 0 Å². The summed E-state index contributed by atoms with van der Waals surface area (Å²) in [5.41, 5.74) is 1.22. The van der Waals surface area contributed by atoms with Crippen LogP contribution in [0.15, 0.2) is 30.3 Å². The van der Waals surface area contributed by atoms with E-state index >= 15 is 0 Å². The number of carbonyl (C=O) groups excluding carboxylic acids is 1.